The molecule has 0 spiro atoms. The number of nitrogens with zero attached hydrogens (tertiary/aromatic N) is 3. The molecule has 0 radical (unpaired) electrons. The molecule has 3 aromatic carbocycles. The minimum absolute atomic E-state index is 0.190. The molecule has 0 saturated carbocycles. The topological polar surface area (TPSA) is 153 Å². The molecule has 0 unspecified atom stereocenters. The van der Waals surface area contributed by atoms with E-state index >= 15 is 0 Å². The average molecular weight is 597 g/mol. The number of aliphatic hydroxyl groups is 3. The summed E-state index contributed by atoms with van der Waals surface area (Å²) in [6.45, 7) is -1.63. The SMILES string of the molecule is OCCOP1(Oc2ccccc2)=NP(OCCO)(Oc2ccccc2)=NP(OCCO)(Oc2ccccc2)=N1. The lowest BCUT2D eigenvalue weighted by atomic mass is 10.3. The van der Waals surface area contributed by atoms with E-state index in [0.717, 1.165) is 0 Å². The fraction of sp³-hybridized carbons (Fsp3) is 0.250. The van der Waals surface area contributed by atoms with E-state index in [4.69, 9.17) is 40.7 Å². The van der Waals surface area contributed by atoms with Gasteiger partial charge in [0, 0.05) is 0 Å². The Hall–Kier alpha value is -2.49. The van der Waals surface area contributed by atoms with E-state index in [0.29, 0.717) is 17.2 Å². The summed E-state index contributed by atoms with van der Waals surface area (Å²) >= 11 is 0. The van der Waals surface area contributed by atoms with E-state index < -0.39 is 23.0 Å². The van der Waals surface area contributed by atoms with Gasteiger partial charge in [-0.05, 0) is 36.4 Å². The summed E-state index contributed by atoms with van der Waals surface area (Å²) in [5.74, 6) is 1.12. The highest BCUT2D eigenvalue weighted by atomic mass is 31.3. The van der Waals surface area contributed by atoms with E-state index in [9.17, 15) is 15.3 Å². The molecule has 15 heteroatoms. The first-order chi connectivity index (χ1) is 19.0. The Morgan fingerprint density at radius 1 is 0.436 bits per heavy atom. The number of benzene rings is 3. The van der Waals surface area contributed by atoms with Crippen LogP contribution in [0.15, 0.2) is 105 Å². The maximum Gasteiger partial charge on any atom is 0.404 e. The number of hydrogen-bond acceptors (Lipinski definition) is 12. The van der Waals surface area contributed by atoms with Crippen LogP contribution in [0.5, 0.6) is 17.2 Å². The Balaban J connectivity index is 2.00. The summed E-state index contributed by atoms with van der Waals surface area (Å²) in [5, 5.41) is 28.9. The van der Waals surface area contributed by atoms with Crippen LogP contribution in [0.25, 0.3) is 0 Å². The molecule has 0 aromatic heterocycles. The van der Waals surface area contributed by atoms with Gasteiger partial charge in [0.2, 0.25) is 0 Å². The third kappa shape index (κ3) is 8.25. The zero-order valence-corrected chi connectivity index (χ0v) is 23.6. The largest absolute Gasteiger partial charge is 0.422 e. The van der Waals surface area contributed by atoms with E-state index in [1.54, 1.807) is 72.8 Å². The van der Waals surface area contributed by atoms with Crippen molar-refractivity contribution in [1.29, 1.82) is 0 Å². The van der Waals surface area contributed by atoms with Crippen LogP contribution in [0, 0.1) is 0 Å². The molecular weight excluding hydrogens is 567 g/mol. The van der Waals surface area contributed by atoms with Crippen LogP contribution in [0.1, 0.15) is 0 Å². The minimum Gasteiger partial charge on any atom is -0.422 e. The highest BCUT2D eigenvalue weighted by Gasteiger charge is 2.45. The molecule has 3 N–H and O–H groups in total. The highest BCUT2D eigenvalue weighted by molar-refractivity contribution is 7.78. The third-order valence-corrected chi connectivity index (χ3v) is 13.0. The van der Waals surface area contributed by atoms with E-state index in [1.165, 1.54) is 0 Å². The summed E-state index contributed by atoms with van der Waals surface area (Å²) < 4.78 is 51.2. The Labute approximate surface area is 226 Å². The molecule has 4 rings (SSSR count). The quantitative estimate of drug-likeness (QED) is 0.176. The van der Waals surface area contributed by atoms with E-state index in [2.05, 4.69) is 0 Å². The van der Waals surface area contributed by atoms with Gasteiger partial charge in [0.05, 0.1) is 39.6 Å². The van der Waals surface area contributed by atoms with Gasteiger partial charge >= 0.3 is 23.0 Å². The second-order valence-electron chi connectivity index (χ2n) is 7.62. The molecule has 0 bridgehead atoms. The van der Waals surface area contributed by atoms with Gasteiger partial charge in [0.1, 0.15) is 17.2 Å². The van der Waals surface area contributed by atoms with Crippen molar-refractivity contribution >= 4 is 23.0 Å². The molecule has 0 aliphatic carbocycles. The molecule has 0 atom stereocenters. The summed E-state index contributed by atoms with van der Waals surface area (Å²) in [6.07, 6.45) is 0. The third-order valence-electron chi connectivity index (χ3n) is 4.63. The van der Waals surface area contributed by atoms with E-state index in [1.807, 2.05) is 18.2 Å². The fourth-order valence-corrected chi connectivity index (χ4v) is 12.4. The van der Waals surface area contributed by atoms with Gasteiger partial charge in [0.25, 0.3) is 0 Å². The normalized spacial score (nSPS) is 24.1. The Morgan fingerprint density at radius 3 is 0.923 bits per heavy atom. The van der Waals surface area contributed by atoms with Gasteiger partial charge in [0.15, 0.2) is 0 Å². The van der Waals surface area contributed by atoms with Crippen molar-refractivity contribution in [3.63, 3.8) is 0 Å². The number of para-hydroxylation sites is 3. The maximum atomic E-state index is 9.65. The van der Waals surface area contributed by atoms with Gasteiger partial charge in [-0.2, -0.15) is 0 Å². The van der Waals surface area contributed by atoms with Crippen molar-refractivity contribution in [3.05, 3.63) is 91.0 Å². The van der Waals surface area contributed by atoms with Crippen LogP contribution in [-0.4, -0.2) is 55.0 Å². The summed E-state index contributed by atoms with van der Waals surface area (Å²) in [5.41, 5.74) is 0. The van der Waals surface area contributed by atoms with Crippen LogP contribution in [-0.2, 0) is 13.6 Å². The summed E-state index contributed by atoms with van der Waals surface area (Å²) in [4.78, 5) is 0. The van der Waals surface area contributed by atoms with Gasteiger partial charge in [-0.25, -0.2) is 0 Å². The van der Waals surface area contributed by atoms with Crippen LogP contribution in [0.2, 0.25) is 0 Å². The zero-order valence-electron chi connectivity index (χ0n) is 20.9. The first kappa shape index (κ1) is 29.5. The van der Waals surface area contributed by atoms with Crippen molar-refractivity contribution in [3.8, 4) is 17.2 Å². The first-order valence-electron chi connectivity index (χ1n) is 12.0. The molecule has 1 aliphatic heterocycles. The first-order valence-corrected chi connectivity index (χ1v) is 16.5. The number of aliphatic hydroxyl groups excluding tert-OH is 3. The van der Waals surface area contributed by atoms with Gasteiger partial charge in [-0.1, -0.05) is 54.6 Å². The maximum absolute atomic E-state index is 9.65. The lowest BCUT2D eigenvalue weighted by Crippen LogP contribution is -2.11. The van der Waals surface area contributed by atoms with Crippen molar-refractivity contribution < 1.29 is 42.5 Å². The standard InChI is InChI=1S/C24H30N3O9P3/c28-16-19-31-37(34-22-10-4-1-5-11-22)25-38(32-20-17-29,35-23-12-6-2-7-13-23)27-39(26-37,33-21-18-30)36-24-14-8-3-9-15-24/h1-15,28-30H,16-21H2. The van der Waals surface area contributed by atoms with Gasteiger partial charge < -0.3 is 28.9 Å². The summed E-state index contributed by atoms with van der Waals surface area (Å²) in [6, 6.07) is 26.2. The van der Waals surface area contributed by atoms with Crippen molar-refractivity contribution in [2.75, 3.05) is 39.6 Å². The number of rotatable bonds is 15. The molecule has 1 aliphatic rings. The highest BCUT2D eigenvalue weighted by Crippen LogP contribution is 2.79. The molecule has 210 valence electrons. The average Bonchev–Trinajstić information content (AvgIpc) is 2.95. The van der Waals surface area contributed by atoms with Crippen LogP contribution >= 0.6 is 23.0 Å². The molecule has 0 fully saturated rings. The summed E-state index contributed by atoms with van der Waals surface area (Å²) in [7, 11) is -11.4. The predicted molar refractivity (Wildman–Crippen MR) is 148 cm³/mol. The van der Waals surface area contributed by atoms with Crippen LogP contribution < -0.4 is 13.6 Å². The monoisotopic (exact) mass is 597 g/mol. The Morgan fingerprint density at radius 2 is 0.692 bits per heavy atom. The Bertz CT molecular complexity index is 1160. The smallest absolute Gasteiger partial charge is 0.404 e. The number of hydrogen-bond donors (Lipinski definition) is 3. The van der Waals surface area contributed by atoms with Crippen molar-refractivity contribution in [2.45, 2.75) is 0 Å². The molecule has 39 heavy (non-hydrogen) atoms. The minimum atomic E-state index is -3.79. The molecule has 0 saturated heterocycles. The second kappa shape index (κ2) is 14.2. The van der Waals surface area contributed by atoms with Crippen LogP contribution in [0.3, 0.4) is 0 Å². The predicted octanol–water partition coefficient (Wildman–Crippen LogP) is 6.10. The van der Waals surface area contributed by atoms with Crippen LogP contribution in [0.4, 0.5) is 0 Å². The lowest BCUT2D eigenvalue weighted by Gasteiger charge is -2.33. The molecular formula is C24H30N3O9P3. The second-order valence-corrected chi connectivity index (χ2v) is 14.0. The molecule has 12 nitrogen and oxygen atoms in total. The van der Waals surface area contributed by atoms with Crippen molar-refractivity contribution in [1.82, 2.24) is 0 Å². The Kier molecular flexibility index (Phi) is 10.8. The van der Waals surface area contributed by atoms with Gasteiger partial charge in [-0.15, -0.1) is 13.5 Å². The molecule has 1 heterocycles. The van der Waals surface area contributed by atoms with Crippen molar-refractivity contribution in [2.24, 2.45) is 13.5 Å². The van der Waals surface area contributed by atoms with Gasteiger partial charge in [-0.3, -0.25) is 13.6 Å². The van der Waals surface area contributed by atoms with E-state index in [-0.39, 0.29) is 39.6 Å². The molecule has 3 aromatic rings. The zero-order chi connectivity index (χ0) is 27.4. The molecule has 0 amide bonds. The lowest BCUT2D eigenvalue weighted by molar-refractivity contribution is 0.189. The fourth-order valence-electron chi connectivity index (χ4n) is 3.16.